The Labute approximate surface area is 82.5 Å². The predicted molar refractivity (Wildman–Crippen MR) is 58.9 cm³/mol. The molecule has 0 heterocycles. The summed E-state index contributed by atoms with van der Waals surface area (Å²) in [5, 5.41) is 6.65. The van der Waals surface area contributed by atoms with Gasteiger partial charge in [-0.1, -0.05) is 13.8 Å². The van der Waals surface area contributed by atoms with Gasteiger partial charge >= 0.3 is 0 Å². The summed E-state index contributed by atoms with van der Waals surface area (Å²) in [7, 11) is 2.00. The van der Waals surface area contributed by atoms with Gasteiger partial charge in [-0.3, -0.25) is 0 Å². The van der Waals surface area contributed by atoms with Crippen LogP contribution in [0.15, 0.2) is 0 Å². The zero-order chi connectivity index (χ0) is 10.2. The van der Waals surface area contributed by atoms with Crippen molar-refractivity contribution < 1.29 is 0 Å². The van der Waals surface area contributed by atoms with Crippen molar-refractivity contribution in [3.63, 3.8) is 0 Å². The van der Waals surface area contributed by atoms with Gasteiger partial charge in [0.15, 0.2) is 0 Å². The maximum atomic E-state index is 5.41. The smallest absolute Gasteiger partial charge is 0.00147 e. The monoisotopic (exact) mass is 187 g/mol. The maximum absolute atomic E-state index is 5.41. The van der Waals surface area contributed by atoms with Gasteiger partial charge in [0.25, 0.3) is 0 Å². The summed E-state index contributed by atoms with van der Waals surface area (Å²) < 4.78 is 0. The van der Waals surface area contributed by atoms with Gasteiger partial charge in [-0.15, -0.1) is 0 Å². The molecule has 0 aliphatic rings. The summed E-state index contributed by atoms with van der Waals surface area (Å²) in [5.74, 6) is 0. The van der Waals surface area contributed by atoms with E-state index < -0.39 is 0 Å². The lowest BCUT2D eigenvalue weighted by Crippen LogP contribution is -2.37. The predicted octanol–water partition coefficient (Wildman–Crippen LogP) is 0.561. The highest BCUT2D eigenvalue weighted by molar-refractivity contribution is 4.73. The van der Waals surface area contributed by atoms with E-state index in [2.05, 4.69) is 24.5 Å². The molecule has 0 aromatic rings. The van der Waals surface area contributed by atoms with E-state index in [1.165, 1.54) is 6.42 Å². The Morgan fingerprint density at radius 1 is 1.15 bits per heavy atom. The largest absolute Gasteiger partial charge is 0.330 e. The molecule has 0 aliphatic heterocycles. The maximum Gasteiger partial charge on any atom is 0.00147 e. The van der Waals surface area contributed by atoms with Crippen LogP contribution in [0.2, 0.25) is 0 Å². The first-order valence-corrected chi connectivity index (χ1v) is 5.18. The molecule has 0 saturated heterocycles. The standard InChI is InChI=1S/C10H25N3/c1-10(2,8-12-3)9-13-7-5-4-6-11/h12-13H,4-9,11H2,1-3H3. The van der Waals surface area contributed by atoms with Gasteiger partial charge in [-0.25, -0.2) is 0 Å². The van der Waals surface area contributed by atoms with E-state index in [1.807, 2.05) is 7.05 Å². The van der Waals surface area contributed by atoms with Crippen LogP contribution in [0, 0.1) is 5.41 Å². The molecule has 0 radical (unpaired) electrons. The summed E-state index contributed by atoms with van der Waals surface area (Å²) in [6, 6.07) is 0. The lowest BCUT2D eigenvalue weighted by Gasteiger charge is -2.24. The Morgan fingerprint density at radius 2 is 1.85 bits per heavy atom. The zero-order valence-electron chi connectivity index (χ0n) is 9.32. The fraction of sp³-hybridized carbons (Fsp3) is 1.00. The van der Waals surface area contributed by atoms with Crippen LogP contribution < -0.4 is 16.4 Å². The molecule has 0 aromatic heterocycles. The molecule has 0 unspecified atom stereocenters. The molecule has 0 spiro atoms. The third kappa shape index (κ3) is 8.22. The molecule has 0 rings (SSSR count). The fourth-order valence-corrected chi connectivity index (χ4v) is 1.36. The van der Waals surface area contributed by atoms with E-state index in [-0.39, 0.29) is 0 Å². The zero-order valence-corrected chi connectivity index (χ0v) is 9.32. The molecule has 0 atom stereocenters. The number of nitrogens with one attached hydrogen (secondary N) is 2. The van der Waals surface area contributed by atoms with Crippen molar-refractivity contribution in [3.05, 3.63) is 0 Å². The number of unbranched alkanes of at least 4 members (excludes halogenated alkanes) is 1. The van der Waals surface area contributed by atoms with E-state index in [0.29, 0.717) is 5.41 Å². The van der Waals surface area contributed by atoms with E-state index in [0.717, 1.165) is 32.6 Å². The molecule has 80 valence electrons. The molecule has 4 N–H and O–H groups in total. The second-order valence-electron chi connectivity index (χ2n) is 4.37. The van der Waals surface area contributed by atoms with Gasteiger partial charge in [0, 0.05) is 13.1 Å². The van der Waals surface area contributed by atoms with Gasteiger partial charge in [0.2, 0.25) is 0 Å². The quantitative estimate of drug-likeness (QED) is 0.487. The molecule has 3 nitrogen and oxygen atoms in total. The van der Waals surface area contributed by atoms with Gasteiger partial charge in [-0.2, -0.15) is 0 Å². The van der Waals surface area contributed by atoms with Crippen molar-refractivity contribution in [3.8, 4) is 0 Å². The molecule has 0 aliphatic carbocycles. The average Bonchev–Trinajstić information content (AvgIpc) is 2.04. The van der Waals surface area contributed by atoms with Crippen LogP contribution >= 0.6 is 0 Å². The minimum atomic E-state index is 0.345. The Morgan fingerprint density at radius 3 is 2.38 bits per heavy atom. The van der Waals surface area contributed by atoms with Crippen LogP contribution in [-0.2, 0) is 0 Å². The summed E-state index contributed by atoms with van der Waals surface area (Å²) in [4.78, 5) is 0. The minimum Gasteiger partial charge on any atom is -0.330 e. The van der Waals surface area contributed by atoms with E-state index >= 15 is 0 Å². The van der Waals surface area contributed by atoms with Gasteiger partial charge in [0.05, 0.1) is 0 Å². The van der Waals surface area contributed by atoms with E-state index in [1.54, 1.807) is 0 Å². The second kappa shape index (κ2) is 7.30. The summed E-state index contributed by atoms with van der Waals surface area (Å²) in [6.45, 7) is 8.54. The minimum absolute atomic E-state index is 0.345. The van der Waals surface area contributed by atoms with Crippen molar-refractivity contribution in [2.24, 2.45) is 11.1 Å². The molecule has 13 heavy (non-hydrogen) atoms. The third-order valence-electron chi connectivity index (χ3n) is 2.07. The summed E-state index contributed by atoms with van der Waals surface area (Å²) in [6.07, 6.45) is 2.31. The molecule has 3 heteroatoms. The van der Waals surface area contributed by atoms with Crippen molar-refractivity contribution in [1.82, 2.24) is 10.6 Å². The van der Waals surface area contributed by atoms with Crippen molar-refractivity contribution in [1.29, 1.82) is 0 Å². The lowest BCUT2D eigenvalue weighted by molar-refractivity contribution is 0.329. The highest BCUT2D eigenvalue weighted by Gasteiger charge is 2.15. The number of hydrogen-bond donors (Lipinski definition) is 3. The topological polar surface area (TPSA) is 50.1 Å². The Balaban J connectivity index is 3.29. The molecular weight excluding hydrogens is 162 g/mol. The Hall–Kier alpha value is -0.120. The summed E-state index contributed by atoms with van der Waals surface area (Å²) >= 11 is 0. The number of hydrogen-bond acceptors (Lipinski definition) is 3. The van der Waals surface area contributed by atoms with E-state index in [4.69, 9.17) is 5.73 Å². The van der Waals surface area contributed by atoms with Gasteiger partial charge in [-0.05, 0) is 38.4 Å². The molecule has 0 amide bonds. The Bertz CT molecular complexity index is 113. The van der Waals surface area contributed by atoms with Gasteiger partial charge < -0.3 is 16.4 Å². The van der Waals surface area contributed by atoms with Crippen LogP contribution in [0.4, 0.5) is 0 Å². The van der Waals surface area contributed by atoms with Crippen LogP contribution in [0.3, 0.4) is 0 Å². The molecular formula is C10H25N3. The SMILES string of the molecule is CNCC(C)(C)CNCCCCN. The van der Waals surface area contributed by atoms with Crippen molar-refractivity contribution in [2.75, 3.05) is 33.2 Å². The number of nitrogens with two attached hydrogens (primary N) is 1. The van der Waals surface area contributed by atoms with Crippen LogP contribution in [0.1, 0.15) is 26.7 Å². The highest BCUT2D eigenvalue weighted by atomic mass is 14.9. The molecule has 0 bridgehead atoms. The highest BCUT2D eigenvalue weighted by Crippen LogP contribution is 2.10. The average molecular weight is 187 g/mol. The van der Waals surface area contributed by atoms with Crippen LogP contribution in [-0.4, -0.2) is 33.2 Å². The second-order valence-corrected chi connectivity index (χ2v) is 4.37. The molecule has 0 aromatic carbocycles. The number of rotatable bonds is 8. The first-order valence-electron chi connectivity index (χ1n) is 5.18. The molecule has 0 saturated carbocycles. The first kappa shape index (κ1) is 12.9. The Kier molecular flexibility index (Phi) is 7.23. The first-order chi connectivity index (χ1) is 6.12. The normalized spacial score (nSPS) is 12.0. The molecule has 0 fully saturated rings. The third-order valence-corrected chi connectivity index (χ3v) is 2.07. The van der Waals surface area contributed by atoms with Gasteiger partial charge in [0.1, 0.15) is 0 Å². The van der Waals surface area contributed by atoms with Crippen molar-refractivity contribution >= 4 is 0 Å². The van der Waals surface area contributed by atoms with Crippen LogP contribution in [0.5, 0.6) is 0 Å². The van der Waals surface area contributed by atoms with Crippen LogP contribution in [0.25, 0.3) is 0 Å². The van der Waals surface area contributed by atoms with E-state index in [9.17, 15) is 0 Å². The lowest BCUT2D eigenvalue weighted by atomic mass is 9.93. The summed E-state index contributed by atoms with van der Waals surface area (Å²) in [5.41, 5.74) is 5.75. The van der Waals surface area contributed by atoms with Crippen molar-refractivity contribution in [2.45, 2.75) is 26.7 Å². The fourth-order valence-electron chi connectivity index (χ4n) is 1.36.